The molecule has 28 heavy (non-hydrogen) atoms. The number of para-hydroxylation sites is 1. The van der Waals surface area contributed by atoms with Gasteiger partial charge in [-0.15, -0.1) is 11.3 Å². The zero-order valence-electron chi connectivity index (χ0n) is 16.4. The molecule has 4 rings (SSSR count). The van der Waals surface area contributed by atoms with E-state index in [4.69, 9.17) is 4.98 Å². The van der Waals surface area contributed by atoms with Crippen molar-refractivity contribution in [2.24, 2.45) is 0 Å². The Bertz CT molecular complexity index is 883. The summed E-state index contributed by atoms with van der Waals surface area (Å²) in [5.74, 6) is 0.730. The first-order chi connectivity index (χ1) is 13.7. The van der Waals surface area contributed by atoms with Crippen molar-refractivity contribution >= 4 is 27.5 Å². The first-order valence-corrected chi connectivity index (χ1v) is 10.9. The molecule has 0 N–H and O–H groups in total. The van der Waals surface area contributed by atoms with Gasteiger partial charge < -0.3 is 4.90 Å². The number of nitrogens with zero attached hydrogens (tertiary/aromatic N) is 3. The number of aromatic nitrogens is 1. The average molecular weight is 394 g/mol. The smallest absolute Gasteiger partial charge is 0.236 e. The van der Waals surface area contributed by atoms with Gasteiger partial charge in [0.15, 0.2) is 0 Å². The molecule has 1 amide bonds. The van der Waals surface area contributed by atoms with Gasteiger partial charge in [-0.1, -0.05) is 49.4 Å². The molecule has 146 valence electrons. The van der Waals surface area contributed by atoms with Crippen LogP contribution in [0.15, 0.2) is 54.6 Å². The molecule has 1 aliphatic heterocycles. The van der Waals surface area contributed by atoms with E-state index < -0.39 is 0 Å². The second-order valence-electron chi connectivity index (χ2n) is 7.46. The van der Waals surface area contributed by atoms with Crippen LogP contribution in [0.25, 0.3) is 10.2 Å². The summed E-state index contributed by atoms with van der Waals surface area (Å²) in [7, 11) is 0. The summed E-state index contributed by atoms with van der Waals surface area (Å²) in [5.41, 5.74) is 2.35. The Balaban J connectivity index is 1.31. The third-order valence-corrected chi connectivity index (χ3v) is 6.76. The van der Waals surface area contributed by atoms with Crippen molar-refractivity contribution in [3.63, 3.8) is 0 Å². The Morgan fingerprint density at radius 1 is 1.11 bits per heavy atom. The first kappa shape index (κ1) is 19.1. The molecule has 0 radical (unpaired) electrons. The lowest BCUT2D eigenvalue weighted by Crippen LogP contribution is -2.43. The Labute approximate surface area is 170 Å². The van der Waals surface area contributed by atoms with E-state index in [1.807, 2.05) is 17.0 Å². The normalized spacial score (nSPS) is 15.4. The van der Waals surface area contributed by atoms with E-state index in [-0.39, 0.29) is 5.91 Å². The van der Waals surface area contributed by atoms with Crippen LogP contribution in [0, 0.1) is 0 Å². The Morgan fingerprint density at radius 2 is 1.82 bits per heavy atom. The highest BCUT2D eigenvalue weighted by atomic mass is 32.1. The lowest BCUT2D eigenvalue weighted by atomic mass is 9.97. The highest BCUT2D eigenvalue weighted by molar-refractivity contribution is 7.18. The summed E-state index contributed by atoms with van der Waals surface area (Å²) in [5, 5.41) is 1.23. The Hall–Kier alpha value is -2.24. The van der Waals surface area contributed by atoms with Gasteiger partial charge in [0.05, 0.1) is 21.8 Å². The van der Waals surface area contributed by atoms with E-state index >= 15 is 0 Å². The molecule has 0 spiro atoms. The molecule has 0 unspecified atom stereocenters. The number of likely N-dealkylation sites (N-methyl/N-ethyl adjacent to an activating group) is 1. The van der Waals surface area contributed by atoms with Crippen LogP contribution in [0.5, 0.6) is 0 Å². The molecular weight excluding hydrogens is 366 g/mol. The molecule has 2 aromatic carbocycles. The summed E-state index contributed by atoms with van der Waals surface area (Å²) in [6.45, 7) is 5.99. The highest BCUT2D eigenvalue weighted by Gasteiger charge is 2.26. The van der Waals surface area contributed by atoms with Crippen molar-refractivity contribution in [3.8, 4) is 0 Å². The van der Waals surface area contributed by atoms with Crippen LogP contribution < -0.4 is 0 Å². The fourth-order valence-electron chi connectivity index (χ4n) is 3.85. The molecular formula is C23H27N3OS. The van der Waals surface area contributed by atoms with E-state index in [0.29, 0.717) is 12.5 Å². The molecule has 5 heteroatoms. The number of thiazole rings is 1. The van der Waals surface area contributed by atoms with Gasteiger partial charge in [-0.3, -0.25) is 9.69 Å². The first-order valence-electron chi connectivity index (χ1n) is 10.1. The number of carbonyl (C=O) groups excluding carboxylic acids is 1. The van der Waals surface area contributed by atoms with Crippen LogP contribution >= 0.6 is 11.3 Å². The summed E-state index contributed by atoms with van der Waals surface area (Å²) < 4.78 is 1.26. The van der Waals surface area contributed by atoms with Gasteiger partial charge in [0.2, 0.25) is 5.91 Å². The Kier molecular flexibility index (Phi) is 6.03. The van der Waals surface area contributed by atoms with Crippen molar-refractivity contribution in [3.05, 3.63) is 65.2 Å². The summed E-state index contributed by atoms with van der Waals surface area (Å²) in [6, 6.07) is 18.7. The second kappa shape index (κ2) is 8.84. The largest absolute Gasteiger partial charge is 0.342 e. The van der Waals surface area contributed by atoms with Crippen LogP contribution in [-0.4, -0.2) is 46.9 Å². The molecule has 0 saturated carbocycles. The van der Waals surface area contributed by atoms with E-state index in [9.17, 15) is 4.79 Å². The van der Waals surface area contributed by atoms with Gasteiger partial charge in [0, 0.05) is 25.6 Å². The molecule has 2 heterocycles. The molecule has 1 saturated heterocycles. The van der Waals surface area contributed by atoms with E-state index in [1.165, 1.54) is 15.3 Å². The van der Waals surface area contributed by atoms with Crippen molar-refractivity contribution in [2.75, 3.05) is 26.2 Å². The van der Waals surface area contributed by atoms with E-state index in [2.05, 4.69) is 54.3 Å². The number of piperidine rings is 1. The SMILES string of the molecule is CCN(CC(=O)N1CCC(c2nc3ccccc3s2)CC1)Cc1ccccc1. The maximum Gasteiger partial charge on any atom is 0.236 e. The predicted molar refractivity (Wildman–Crippen MR) is 116 cm³/mol. The van der Waals surface area contributed by atoms with Crippen molar-refractivity contribution in [2.45, 2.75) is 32.2 Å². The molecule has 1 aromatic heterocycles. The topological polar surface area (TPSA) is 36.4 Å². The summed E-state index contributed by atoms with van der Waals surface area (Å²) >= 11 is 1.81. The van der Waals surface area contributed by atoms with Crippen molar-refractivity contribution in [1.29, 1.82) is 0 Å². The number of hydrogen-bond acceptors (Lipinski definition) is 4. The number of hydrogen-bond donors (Lipinski definition) is 0. The standard InChI is InChI=1S/C23H27N3OS/c1-2-25(16-18-8-4-3-5-9-18)17-22(27)26-14-12-19(13-15-26)23-24-20-10-6-7-11-21(20)28-23/h3-11,19H,2,12-17H2,1H3. The molecule has 3 aromatic rings. The number of amides is 1. The van der Waals surface area contributed by atoms with Crippen molar-refractivity contribution < 1.29 is 4.79 Å². The number of benzene rings is 2. The zero-order valence-corrected chi connectivity index (χ0v) is 17.2. The lowest BCUT2D eigenvalue weighted by molar-refractivity contribution is -0.133. The summed E-state index contributed by atoms with van der Waals surface area (Å²) in [6.07, 6.45) is 2.02. The average Bonchev–Trinajstić information content (AvgIpc) is 3.18. The molecule has 4 nitrogen and oxygen atoms in total. The minimum Gasteiger partial charge on any atom is -0.342 e. The quantitative estimate of drug-likeness (QED) is 0.618. The van der Waals surface area contributed by atoms with Crippen LogP contribution in [0.1, 0.15) is 36.3 Å². The molecule has 0 atom stereocenters. The van der Waals surface area contributed by atoms with Crippen LogP contribution in [-0.2, 0) is 11.3 Å². The number of carbonyl (C=O) groups is 1. The number of likely N-dealkylation sites (tertiary alicyclic amines) is 1. The third-order valence-electron chi connectivity index (χ3n) is 5.56. The van der Waals surface area contributed by atoms with Crippen LogP contribution in [0.3, 0.4) is 0 Å². The third kappa shape index (κ3) is 4.42. The van der Waals surface area contributed by atoms with Gasteiger partial charge in [0.25, 0.3) is 0 Å². The molecule has 1 fully saturated rings. The van der Waals surface area contributed by atoms with Crippen LogP contribution in [0.4, 0.5) is 0 Å². The fraction of sp³-hybridized carbons (Fsp3) is 0.391. The minimum atomic E-state index is 0.250. The predicted octanol–water partition coefficient (Wildman–Crippen LogP) is 4.52. The van der Waals surface area contributed by atoms with Gasteiger partial charge in [-0.05, 0) is 37.1 Å². The maximum absolute atomic E-state index is 12.8. The number of fused-ring (bicyclic) bond motifs is 1. The van der Waals surface area contributed by atoms with E-state index in [0.717, 1.165) is 44.5 Å². The number of rotatable bonds is 6. The minimum absolute atomic E-state index is 0.250. The molecule has 0 aliphatic carbocycles. The second-order valence-corrected chi connectivity index (χ2v) is 8.53. The lowest BCUT2D eigenvalue weighted by Gasteiger charge is -2.32. The monoisotopic (exact) mass is 393 g/mol. The van der Waals surface area contributed by atoms with Gasteiger partial charge in [-0.25, -0.2) is 4.98 Å². The van der Waals surface area contributed by atoms with Gasteiger partial charge in [0.1, 0.15) is 0 Å². The highest BCUT2D eigenvalue weighted by Crippen LogP contribution is 2.33. The fourth-order valence-corrected chi connectivity index (χ4v) is 4.99. The van der Waals surface area contributed by atoms with Gasteiger partial charge >= 0.3 is 0 Å². The Morgan fingerprint density at radius 3 is 2.54 bits per heavy atom. The van der Waals surface area contributed by atoms with E-state index in [1.54, 1.807) is 11.3 Å². The zero-order chi connectivity index (χ0) is 19.3. The van der Waals surface area contributed by atoms with Crippen molar-refractivity contribution in [1.82, 2.24) is 14.8 Å². The molecule has 1 aliphatic rings. The van der Waals surface area contributed by atoms with Gasteiger partial charge in [-0.2, -0.15) is 0 Å². The summed E-state index contributed by atoms with van der Waals surface area (Å²) in [4.78, 5) is 21.9. The van der Waals surface area contributed by atoms with Crippen LogP contribution in [0.2, 0.25) is 0 Å². The maximum atomic E-state index is 12.8. The molecule has 0 bridgehead atoms.